The molecule has 0 aliphatic rings. The molecule has 35 heavy (non-hydrogen) atoms. The molecule has 0 fully saturated rings. The first-order chi connectivity index (χ1) is 16.6. The Morgan fingerprint density at radius 1 is 1.11 bits per heavy atom. The highest BCUT2D eigenvalue weighted by Gasteiger charge is 2.28. The Hall–Kier alpha value is -3.65. The third kappa shape index (κ3) is 4.53. The molecule has 4 rings (SSSR count). The molecule has 0 unspecified atom stereocenters. The van der Waals surface area contributed by atoms with Crippen LogP contribution in [0.25, 0.3) is 16.6 Å². The molecule has 0 saturated carbocycles. The summed E-state index contributed by atoms with van der Waals surface area (Å²) < 4.78 is 36.9. The maximum atomic E-state index is 14.4. The summed E-state index contributed by atoms with van der Waals surface area (Å²) in [6.45, 7) is 5.45. The van der Waals surface area contributed by atoms with Crippen LogP contribution >= 0.6 is 11.6 Å². The van der Waals surface area contributed by atoms with Crippen molar-refractivity contribution in [3.05, 3.63) is 86.9 Å². The smallest absolute Gasteiger partial charge is 0.276 e. The predicted octanol–water partition coefficient (Wildman–Crippen LogP) is 5.86. The minimum atomic E-state index is -0.692. The standard InChI is InChI=1S/C26H24ClF2N3O3/c1-5-17-13-21-22(26(34)32(17)18-9-7-16(28)8-10-18)24(35-14(2)3)23(31(21)4)25(33)30-20-11-6-15(27)12-19(20)29/h6-14H,5H2,1-4H3,(H,30,33). The maximum Gasteiger partial charge on any atom is 0.276 e. The second-order valence-electron chi connectivity index (χ2n) is 8.35. The van der Waals surface area contributed by atoms with Crippen molar-refractivity contribution in [1.29, 1.82) is 0 Å². The lowest BCUT2D eigenvalue weighted by Gasteiger charge is -2.14. The average Bonchev–Trinajstić information content (AvgIpc) is 3.07. The predicted molar refractivity (Wildman–Crippen MR) is 133 cm³/mol. The van der Waals surface area contributed by atoms with Crippen molar-refractivity contribution < 1.29 is 18.3 Å². The summed E-state index contributed by atoms with van der Waals surface area (Å²) in [5, 5.41) is 2.94. The zero-order valence-corrected chi connectivity index (χ0v) is 20.4. The number of hydrogen-bond acceptors (Lipinski definition) is 3. The quantitative estimate of drug-likeness (QED) is 0.361. The summed E-state index contributed by atoms with van der Waals surface area (Å²) in [5.74, 6) is -1.67. The number of pyridine rings is 1. The van der Waals surface area contributed by atoms with E-state index in [2.05, 4.69) is 5.32 Å². The number of halogens is 3. The molecular formula is C26H24ClF2N3O3. The van der Waals surface area contributed by atoms with Gasteiger partial charge in [0.05, 0.1) is 17.3 Å². The number of amides is 1. The highest BCUT2D eigenvalue weighted by Crippen LogP contribution is 2.33. The number of hydrogen-bond donors (Lipinski definition) is 1. The van der Waals surface area contributed by atoms with Crippen LogP contribution in [0.1, 0.15) is 37.0 Å². The number of carbonyl (C=O) groups excluding carboxylic acids is 1. The fraction of sp³-hybridized carbons (Fsp3) is 0.231. The molecule has 9 heteroatoms. The summed E-state index contributed by atoms with van der Waals surface area (Å²) in [7, 11) is 1.64. The van der Waals surface area contributed by atoms with Gasteiger partial charge in [-0.05, 0) is 68.8 Å². The maximum absolute atomic E-state index is 14.4. The minimum absolute atomic E-state index is 0.0573. The second kappa shape index (κ2) is 9.54. The van der Waals surface area contributed by atoms with Crippen LogP contribution in [0.4, 0.5) is 14.5 Å². The Kier molecular flexibility index (Phi) is 6.67. The number of fused-ring (bicyclic) bond motifs is 1. The number of aromatic nitrogens is 2. The molecule has 0 aliphatic heterocycles. The number of nitrogens with one attached hydrogen (secondary N) is 1. The largest absolute Gasteiger partial charge is 0.488 e. The Morgan fingerprint density at radius 3 is 2.40 bits per heavy atom. The van der Waals surface area contributed by atoms with Gasteiger partial charge < -0.3 is 14.6 Å². The highest BCUT2D eigenvalue weighted by atomic mass is 35.5. The van der Waals surface area contributed by atoms with Crippen molar-refractivity contribution in [3.8, 4) is 11.4 Å². The fourth-order valence-corrected chi connectivity index (χ4v) is 4.19. The summed E-state index contributed by atoms with van der Waals surface area (Å²) in [6.07, 6.45) is 0.148. The lowest BCUT2D eigenvalue weighted by atomic mass is 10.2. The first kappa shape index (κ1) is 24.5. The lowest BCUT2D eigenvalue weighted by Crippen LogP contribution is -2.22. The molecule has 0 spiro atoms. The van der Waals surface area contributed by atoms with Crippen molar-refractivity contribution in [1.82, 2.24) is 9.13 Å². The van der Waals surface area contributed by atoms with E-state index in [9.17, 15) is 18.4 Å². The molecule has 2 aromatic carbocycles. The molecule has 0 atom stereocenters. The van der Waals surface area contributed by atoms with Gasteiger partial charge >= 0.3 is 0 Å². The number of benzene rings is 2. The van der Waals surface area contributed by atoms with Gasteiger partial charge in [-0.1, -0.05) is 18.5 Å². The van der Waals surface area contributed by atoms with E-state index in [1.165, 1.54) is 41.0 Å². The molecule has 0 aliphatic carbocycles. The van der Waals surface area contributed by atoms with E-state index in [1.54, 1.807) is 31.5 Å². The second-order valence-corrected chi connectivity index (χ2v) is 8.78. The van der Waals surface area contributed by atoms with E-state index in [0.717, 1.165) is 6.07 Å². The number of rotatable bonds is 6. The highest BCUT2D eigenvalue weighted by molar-refractivity contribution is 6.30. The van der Waals surface area contributed by atoms with Gasteiger partial charge in [-0.3, -0.25) is 14.2 Å². The van der Waals surface area contributed by atoms with Gasteiger partial charge in [0.25, 0.3) is 11.5 Å². The first-order valence-corrected chi connectivity index (χ1v) is 11.5. The summed E-state index contributed by atoms with van der Waals surface area (Å²) >= 11 is 5.82. The Bertz CT molecular complexity index is 1490. The first-order valence-electron chi connectivity index (χ1n) is 11.1. The van der Waals surface area contributed by atoms with E-state index in [0.29, 0.717) is 23.3 Å². The van der Waals surface area contributed by atoms with Crippen LogP contribution in [0, 0.1) is 11.6 Å². The van der Waals surface area contributed by atoms with Crippen molar-refractivity contribution in [2.45, 2.75) is 33.3 Å². The Balaban J connectivity index is 1.97. The van der Waals surface area contributed by atoms with Gasteiger partial charge in [-0.2, -0.15) is 0 Å². The number of carbonyl (C=O) groups is 1. The van der Waals surface area contributed by atoms with Gasteiger partial charge in [-0.15, -0.1) is 0 Å². The number of nitrogens with zero attached hydrogens (tertiary/aromatic N) is 2. The van der Waals surface area contributed by atoms with E-state index in [1.807, 2.05) is 6.92 Å². The van der Waals surface area contributed by atoms with Gasteiger partial charge in [0, 0.05) is 23.5 Å². The van der Waals surface area contributed by atoms with Crippen LogP contribution in [0.5, 0.6) is 5.75 Å². The molecule has 0 bridgehead atoms. The van der Waals surface area contributed by atoms with Gasteiger partial charge in [0.15, 0.2) is 11.4 Å². The normalized spacial score (nSPS) is 11.3. The molecule has 2 aromatic heterocycles. The molecule has 0 saturated heterocycles. The number of ether oxygens (including phenoxy) is 1. The van der Waals surface area contributed by atoms with Crippen molar-refractivity contribution in [2.75, 3.05) is 5.32 Å². The molecular weight excluding hydrogens is 476 g/mol. The third-order valence-corrected chi connectivity index (χ3v) is 5.83. The number of anilines is 1. The molecule has 6 nitrogen and oxygen atoms in total. The van der Waals surface area contributed by atoms with Crippen molar-refractivity contribution in [2.24, 2.45) is 7.05 Å². The zero-order valence-electron chi connectivity index (χ0n) is 19.7. The van der Waals surface area contributed by atoms with Crippen LogP contribution in [0.3, 0.4) is 0 Å². The average molecular weight is 500 g/mol. The summed E-state index contributed by atoms with van der Waals surface area (Å²) in [4.78, 5) is 27.1. The Labute approximate surface area is 205 Å². The minimum Gasteiger partial charge on any atom is -0.488 e. The molecule has 4 aromatic rings. The molecule has 1 N–H and O–H groups in total. The van der Waals surface area contributed by atoms with Gasteiger partial charge in [0.1, 0.15) is 17.0 Å². The summed E-state index contributed by atoms with van der Waals surface area (Å²) in [6, 6.07) is 11.3. The SMILES string of the molecule is CCc1cc2c(c(OC(C)C)c(C(=O)Nc3ccc(Cl)cc3F)n2C)c(=O)n1-c1ccc(F)cc1. The molecule has 2 heterocycles. The lowest BCUT2D eigenvalue weighted by molar-refractivity contribution is 0.101. The summed E-state index contributed by atoms with van der Waals surface area (Å²) in [5.41, 5.74) is 1.25. The van der Waals surface area contributed by atoms with Gasteiger partial charge in [0.2, 0.25) is 0 Å². The van der Waals surface area contributed by atoms with E-state index in [4.69, 9.17) is 16.3 Å². The third-order valence-electron chi connectivity index (χ3n) is 5.60. The van der Waals surface area contributed by atoms with E-state index >= 15 is 0 Å². The topological polar surface area (TPSA) is 65.3 Å². The zero-order chi connectivity index (χ0) is 25.4. The Morgan fingerprint density at radius 2 is 1.80 bits per heavy atom. The number of aryl methyl sites for hydroxylation is 2. The van der Waals surface area contributed by atoms with Gasteiger partial charge in [-0.25, -0.2) is 8.78 Å². The van der Waals surface area contributed by atoms with Crippen LogP contribution in [0.2, 0.25) is 5.02 Å². The van der Waals surface area contributed by atoms with Crippen LogP contribution < -0.4 is 15.6 Å². The van der Waals surface area contributed by atoms with Crippen LogP contribution in [-0.4, -0.2) is 21.1 Å². The van der Waals surface area contributed by atoms with Crippen molar-refractivity contribution >= 4 is 34.1 Å². The van der Waals surface area contributed by atoms with E-state index in [-0.39, 0.29) is 33.6 Å². The molecule has 1 amide bonds. The van der Waals surface area contributed by atoms with Crippen LogP contribution in [-0.2, 0) is 13.5 Å². The van der Waals surface area contributed by atoms with E-state index < -0.39 is 23.1 Å². The molecule has 182 valence electrons. The van der Waals surface area contributed by atoms with Crippen molar-refractivity contribution in [3.63, 3.8) is 0 Å². The monoisotopic (exact) mass is 499 g/mol. The molecule has 0 radical (unpaired) electrons. The fourth-order valence-electron chi connectivity index (χ4n) is 4.03. The van der Waals surface area contributed by atoms with Crippen LogP contribution in [0.15, 0.2) is 53.3 Å².